The van der Waals surface area contributed by atoms with E-state index in [9.17, 15) is 9.90 Å². The fourth-order valence-corrected chi connectivity index (χ4v) is 2.53. The van der Waals surface area contributed by atoms with Crippen LogP contribution in [0, 0.1) is 17.3 Å². The Hall–Kier alpha value is -1.11. The second kappa shape index (κ2) is 5.35. The van der Waals surface area contributed by atoms with Crippen molar-refractivity contribution in [2.45, 2.75) is 72.2 Å². The van der Waals surface area contributed by atoms with Gasteiger partial charge in [0.1, 0.15) is 6.10 Å². The minimum atomic E-state index is -1.28. The summed E-state index contributed by atoms with van der Waals surface area (Å²) in [6.45, 7) is 13.2. The Bertz CT molecular complexity index is 483. The van der Waals surface area contributed by atoms with Crippen molar-refractivity contribution >= 4 is 5.78 Å². The molecule has 0 spiro atoms. The van der Waals surface area contributed by atoms with Crippen LogP contribution in [0.5, 0.6) is 0 Å². The molecule has 0 aromatic heterocycles. The molecule has 0 heterocycles. The predicted molar refractivity (Wildman–Crippen MR) is 80.2 cm³/mol. The molecule has 0 aromatic rings. The Kier molecular flexibility index (Phi) is 4.53. The van der Waals surface area contributed by atoms with Gasteiger partial charge < -0.3 is 9.84 Å². The molecule has 0 aliphatic heterocycles. The second-order valence-corrected chi connectivity index (χ2v) is 7.21. The van der Waals surface area contributed by atoms with Crippen LogP contribution < -0.4 is 0 Å². The highest BCUT2D eigenvalue weighted by atomic mass is 16.5. The van der Waals surface area contributed by atoms with Gasteiger partial charge in [-0.05, 0) is 46.3 Å². The Morgan fingerprint density at radius 1 is 1.40 bits per heavy atom. The van der Waals surface area contributed by atoms with E-state index in [0.29, 0.717) is 12.0 Å². The van der Waals surface area contributed by atoms with Gasteiger partial charge in [0.2, 0.25) is 0 Å². The fourth-order valence-electron chi connectivity index (χ4n) is 2.53. The first-order valence-electron chi connectivity index (χ1n) is 7.02. The molecule has 0 bridgehead atoms. The molecule has 0 aromatic carbocycles. The molecule has 0 saturated heterocycles. The molecule has 2 atom stereocenters. The average Bonchev–Trinajstić information content (AvgIpc) is 2.20. The maximum atomic E-state index is 11.6. The van der Waals surface area contributed by atoms with E-state index in [4.69, 9.17) is 4.74 Å². The monoisotopic (exact) mass is 278 g/mol. The van der Waals surface area contributed by atoms with Crippen molar-refractivity contribution in [2.24, 2.45) is 5.41 Å². The zero-order valence-electron chi connectivity index (χ0n) is 13.6. The highest BCUT2D eigenvalue weighted by Crippen LogP contribution is 2.42. The lowest BCUT2D eigenvalue weighted by molar-refractivity contribution is -0.121. The molecule has 3 nitrogen and oxygen atoms in total. The minimum Gasteiger partial charge on any atom is -0.373 e. The van der Waals surface area contributed by atoms with E-state index in [0.717, 1.165) is 0 Å². The summed E-state index contributed by atoms with van der Waals surface area (Å²) in [6.07, 6.45) is 1.51. The second-order valence-electron chi connectivity index (χ2n) is 7.21. The lowest BCUT2D eigenvalue weighted by atomic mass is 9.65. The molecule has 1 N–H and O–H groups in total. The van der Waals surface area contributed by atoms with E-state index in [1.807, 2.05) is 41.5 Å². The third-order valence-corrected chi connectivity index (χ3v) is 3.53. The third kappa shape index (κ3) is 3.71. The highest BCUT2D eigenvalue weighted by Gasteiger charge is 2.47. The summed E-state index contributed by atoms with van der Waals surface area (Å²) in [5, 5.41) is 10.9. The molecular formula is C17H26O3. The van der Waals surface area contributed by atoms with Crippen molar-refractivity contribution in [2.75, 3.05) is 0 Å². The molecular weight excluding hydrogens is 252 g/mol. The zero-order chi connectivity index (χ0) is 15.8. The van der Waals surface area contributed by atoms with Gasteiger partial charge in [-0.1, -0.05) is 25.7 Å². The number of ketones is 1. The first kappa shape index (κ1) is 16.9. The summed E-state index contributed by atoms with van der Waals surface area (Å²) < 4.78 is 5.73. The van der Waals surface area contributed by atoms with Gasteiger partial charge in [-0.3, -0.25) is 4.79 Å². The number of aliphatic hydroxyl groups is 1. The maximum absolute atomic E-state index is 11.6. The van der Waals surface area contributed by atoms with Crippen LogP contribution in [0.2, 0.25) is 0 Å². The standard InChI is InChI=1S/C17H26O3/c1-12-10-14(18)11-16(6,7)17(12,19)9-8-13(2)20-15(3,4)5/h10,13,19H,11H2,1-7H3. The van der Waals surface area contributed by atoms with Crippen molar-refractivity contribution in [3.63, 3.8) is 0 Å². The minimum absolute atomic E-state index is 0.0398. The smallest absolute Gasteiger partial charge is 0.156 e. The summed E-state index contributed by atoms with van der Waals surface area (Å²) in [4.78, 5) is 11.6. The van der Waals surface area contributed by atoms with Crippen molar-refractivity contribution < 1.29 is 14.6 Å². The van der Waals surface area contributed by atoms with Crippen LogP contribution in [0.3, 0.4) is 0 Å². The largest absolute Gasteiger partial charge is 0.373 e. The predicted octanol–water partition coefficient (Wildman–Crippen LogP) is 2.87. The molecule has 0 fully saturated rings. The van der Waals surface area contributed by atoms with Gasteiger partial charge in [-0.25, -0.2) is 0 Å². The number of hydrogen-bond acceptors (Lipinski definition) is 3. The first-order valence-corrected chi connectivity index (χ1v) is 7.02. The summed E-state index contributed by atoms with van der Waals surface area (Å²) in [5.74, 6) is 5.96. The Labute approximate surface area is 122 Å². The van der Waals surface area contributed by atoms with Gasteiger partial charge in [-0.2, -0.15) is 0 Å². The molecule has 1 rings (SSSR count). The lowest BCUT2D eigenvalue weighted by Crippen LogP contribution is -2.48. The topological polar surface area (TPSA) is 46.5 Å². The molecule has 20 heavy (non-hydrogen) atoms. The highest BCUT2D eigenvalue weighted by molar-refractivity contribution is 5.93. The molecule has 0 radical (unpaired) electrons. The number of hydrogen-bond donors (Lipinski definition) is 1. The molecule has 0 saturated carbocycles. The van der Waals surface area contributed by atoms with E-state index < -0.39 is 11.0 Å². The van der Waals surface area contributed by atoms with Crippen molar-refractivity contribution in [3.8, 4) is 11.8 Å². The normalized spacial score (nSPS) is 27.4. The van der Waals surface area contributed by atoms with Crippen LogP contribution in [-0.2, 0) is 9.53 Å². The third-order valence-electron chi connectivity index (χ3n) is 3.53. The van der Waals surface area contributed by atoms with E-state index in [2.05, 4.69) is 11.8 Å². The maximum Gasteiger partial charge on any atom is 0.156 e. The van der Waals surface area contributed by atoms with Crippen LogP contribution in [0.25, 0.3) is 0 Å². The SMILES string of the molecule is CC1=CC(=O)CC(C)(C)C1(O)C#CC(C)OC(C)(C)C. The number of rotatable bonds is 1. The van der Waals surface area contributed by atoms with Crippen LogP contribution >= 0.6 is 0 Å². The number of allylic oxidation sites excluding steroid dienone is 1. The van der Waals surface area contributed by atoms with Gasteiger partial charge in [-0.15, -0.1) is 0 Å². The van der Waals surface area contributed by atoms with Crippen LogP contribution in [0.15, 0.2) is 11.6 Å². The van der Waals surface area contributed by atoms with E-state index in [1.54, 1.807) is 6.92 Å². The van der Waals surface area contributed by atoms with Crippen LogP contribution in [-0.4, -0.2) is 28.2 Å². The Morgan fingerprint density at radius 3 is 2.40 bits per heavy atom. The summed E-state index contributed by atoms with van der Waals surface area (Å²) in [7, 11) is 0. The molecule has 3 heteroatoms. The molecule has 2 unspecified atom stereocenters. The summed E-state index contributed by atoms with van der Waals surface area (Å²) >= 11 is 0. The van der Waals surface area contributed by atoms with Crippen molar-refractivity contribution in [3.05, 3.63) is 11.6 Å². The lowest BCUT2D eigenvalue weighted by Gasteiger charge is -2.42. The quantitative estimate of drug-likeness (QED) is 0.750. The van der Waals surface area contributed by atoms with E-state index >= 15 is 0 Å². The molecule has 0 amide bonds. The van der Waals surface area contributed by atoms with Gasteiger partial charge in [0.15, 0.2) is 11.4 Å². The number of ether oxygens (including phenoxy) is 1. The van der Waals surface area contributed by atoms with Crippen molar-refractivity contribution in [1.29, 1.82) is 0 Å². The van der Waals surface area contributed by atoms with Gasteiger partial charge in [0.05, 0.1) is 5.60 Å². The van der Waals surface area contributed by atoms with Crippen molar-refractivity contribution in [1.82, 2.24) is 0 Å². The van der Waals surface area contributed by atoms with Gasteiger partial charge in [0.25, 0.3) is 0 Å². The van der Waals surface area contributed by atoms with E-state index in [1.165, 1.54) is 6.08 Å². The summed E-state index contributed by atoms with van der Waals surface area (Å²) in [6, 6.07) is 0. The molecule has 1 aliphatic carbocycles. The van der Waals surface area contributed by atoms with Gasteiger partial charge >= 0.3 is 0 Å². The fraction of sp³-hybridized carbons (Fsp3) is 0.706. The summed E-state index contributed by atoms with van der Waals surface area (Å²) in [5.41, 5.74) is -1.55. The zero-order valence-corrected chi connectivity index (χ0v) is 13.6. The van der Waals surface area contributed by atoms with Crippen LogP contribution in [0.4, 0.5) is 0 Å². The molecule has 112 valence electrons. The average molecular weight is 278 g/mol. The molecule has 1 aliphatic rings. The number of carbonyl (C=O) groups is 1. The van der Waals surface area contributed by atoms with E-state index in [-0.39, 0.29) is 17.5 Å². The van der Waals surface area contributed by atoms with Crippen LogP contribution in [0.1, 0.15) is 54.9 Å². The van der Waals surface area contributed by atoms with Gasteiger partial charge in [0, 0.05) is 11.8 Å². The Balaban J connectivity index is 3.05. The Morgan fingerprint density at radius 2 is 1.95 bits per heavy atom. The first-order chi connectivity index (χ1) is 8.87. The number of carbonyl (C=O) groups excluding carboxylic acids is 1.